The zero-order chi connectivity index (χ0) is 13.1. The van der Waals surface area contributed by atoms with Crippen molar-refractivity contribution in [1.29, 1.82) is 0 Å². The molecule has 0 aromatic rings. The maximum Gasteiger partial charge on any atom is 0.241 e. The molecule has 0 bridgehead atoms. The van der Waals surface area contributed by atoms with Crippen molar-refractivity contribution in [1.82, 2.24) is 10.2 Å². The third-order valence-electron chi connectivity index (χ3n) is 3.48. The van der Waals surface area contributed by atoms with Crippen molar-refractivity contribution in [2.45, 2.75) is 38.1 Å². The molecule has 2 atom stereocenters. The highest BCUT2D eigenvalue weighted by Crippen LogP contribution is 2.31. The number of nitrogens with one attached hydrogen (secondary N) is 1. The fourth-order valence-corrected chi connectivity index (χ4v) is 2.23. The molecule has 1 aliphatic rings. The summed E-state index contributed by atoms with van der Waals surface area (Å²) in [7, 11) is 3.34. The van der Waals surface area contributed by atoms with E-state index < -0.39 is 5.54 Å². The molecule has 0 aromatic carbocycles. The first-order valence-corrected chi connectivity index (χ1v) is 6.11. The van der Waals surface area contributed by atoms with Crippen LogP contribution in [0.5, 0.6) is 0 Å². The van der Waals surface area contributed by atoms with E-state index in [1.165, 1.54) is 4.90 Å². The fraction of sp³-hybridized carbons (Fsp3) is 0.833. The first kappa shape index (κ1) is 17.2. The van der Waals surface area contributed by atoms with Crippen molar-refractivity contribution in [2.75, 3.05) is 20.6 Å². The molecular weight excluding hydrogens is 254 g/mol. The summed E-state index contributed by atoms with van der Waals surface area (Å²) in [5.41, 5.74) is 5.69. The SMILES string of the molecule is CN(C)C(=O)CNC(=O)C1CCCCC1(C)N.Cl. The normalized spacial score (nSPS) is 27.0. The third kappa shape index (κ3) is 4.46. The van der Waals surface area contributed by atoms with Gasteiger partial charge in [0.2, 0.25) is 11.8 Å². The van der Waals surface area contributed by atoms with E-state index in [0.29, 0.717) is 0 Å². The Morgan fingerprint density at radius 3 is 2.50 bits per heavy atom. The van der Waals surface area contributed by atoms with E-state index in [2.05, 4.69) is 5.32 Å². The van der Waals surface area contributed by atoms with E-state index in [4.69, 9.17) is 5.73 Å². The number of amides is 2. The largest absolute Gasteiger partial charge is 0.347 e. The Hall–Kier alpha value is -0.810. The Bertz CT molecular complexity index is 306. The van der Waals surface area contributed by atoms with Gasteiger partial charge >= 0.3 is 0 Å². The molecule has 1 fully saturated rings. The van der Waals surface area contributed by atoms with Crippen molar-refractivity contribution in [3.63, 3.8) is 0 Å². The average Bonchev–Trinajstić information content (AvgIpc) is 2.24. The second-order valence-corrected chi connectivity index (χ2v) is 5.31. The van der Waals surface area contributed by atoms with Gasteiger partial charge in [-0.2, -0.15) is 0 Å². The second kappa shape index (κ2) is 6.95. The van der Waals surface area contributed by atoms with E-state index in [1.807, 2.05) is 6.92 Å². The summed E-state index contributed by atoms with van der Waals surface area (Å²) in [6, 6.07) is 0. The minimum Gasteiger partial charge on any atom is -0.347 e. The number of nitrogens with two attached hydrogens (primary N) is 1. The molecule has 2 amide bonds. The van der Waals surface area contributed by atoms with Gasteiger partial charge in [-0.3, -0.25) is 9.59 Å². The number of carbonyl (C=O) groups is 2. The summed E-state index contributed by atoms with van der Waals surface area (Å²) in [5.74, 6) is -0.371. The lowest BCUT2D eigenvalue weighted by molar-refractivity contribution is -0.133. The molecule has 0 radical (unpaired) electrons. The Morgan fingerprint density at radius 1 is 1.39 bits per heavy atom. The molecule has 1 aliphatic carbocycles. The lowest BCUT2D eigenvalue weighted by atomic mass is 9.74. The number of nitrogens with zero attached hydrogens (tertiary/aromatic N) is 1. The maximum absolute atomic E-state index is 12.0. The summed E-state index contributed by atoms with van der Waals surface area (Å²) >= 11 is 0. The molecular formula is C12H24ClN3O2. The molecule has 6 heteroatoms. The molecule has 18 heavy (non-hydrogen) atoms. The van der Waals surface area contributed by atoms with Gasteiger partial charge in [0.1, 0.15) is 0 Å². The van der Waals surface area contributed by atoms with Crippen LogP contribution in [-0.2, 0) is 9.59 Å². The van der Waals surface area contributed by atoms with Crippen molar-refractivity contribution in [3.8, 4) is 0 Å². The number of likely N-dealkylation sites (N-methyl/N-ethyl adjacent to an activating group) is 1. The quantitative estimate of drug-likeness (QED) is 0.790. The van der Waals surface area contributed by atoms with Gasteiger partial charge in [0.25, 0.3) is 0 Å². The number of hydrogen-bond donors (Lipinski definition) is 2. The summed E-state index contributed by atoms with van der Waals surface area (Å²) < 4.78 is 0. The first-order valence-electron chi connectivity index (χ1n) is 6.11. The Balaban J connectivity index is 0.00000289. The lowest BCUT2D eigenvalue weighted by Gasteiger charge is -2.37. The summed E-state index contributed by atoms with van der Waals surface area (Å²) in [6.07, 6.45) is 3.79. The smallest absolute Gasteiger partial charge is 0.241 e. The molecule has 0 heterocycles. The number of hydrogen-bond acceptors (Lipinski definition) is 3. The van der Waals surface area contributed by atoms with E-state index >= 15 is 0 Å². The van der Waals surface area contributed by atoms with Crippen molar-refractivity contribution >= 4 is 24.2 Å². The van der Waals surface area contributed by atoms with E-state index in [-0.39, 0.29) is 36.7 Å². The Morgan fingerprint density at radius 2 is 2.00 bits per heavy atom. The second-order valence-electron chi connectivity index (χ2n) is 5.31. The van der Waals surface area contributed by atoms with Gasteiger partial charge in [0.05, 0.1) is 12.5 Å². The van der Waals surface area contributed by atoms with Gasteiger partial charge in [-0.1, -0.05) is 12.8 Å². The van der Waals surface area contributed by atoms with Crippen LogP contribution in [0.4, 0.5) is 0 Å². The Kier molecular flexibility index (Phi) is 6.63. The van der Waals surface area contributed by atoms with Crippen LogP contribution in [0.15, 0.2) is 0 Å². The first-order chi connectivity index (χ1) is 7.84. The number of halogens is 1. The molecule has 2 unspecified atom stereocenters. The highest BCUT2D eigenvalue weighted by molar-refractivity contribution is 5.86. The van der Waals surface area contributed by atoms with Crippen molar-refractivity contribution < 1.29 is 9.59 Å². The highest BCUT2D eigenvalue weighted by Gasteiger charge is 2.37. The van der Waals surface area contributed by atoms with Crippen LogP contribution in [0, 0.1) is 5.92 Å². The minimum absolute atomic E-state index is 0. The predicted molar refractivity (Wildman–Crippen MR) is 73.5 cm³/mol. The average molecular weight is 278 g/mol. The summed E-state index contributed by atoms with van der Waals surface area (Å²) in [6.45, 7) is 1.97. The van der Waals surface area contributed by atoms with E-state index in [0.717, 1.165) is 25.7 Å². The van der Waals surface area contributed by atoms with Crippen LogP contribution in [0.1, 0.15) is 32.6 Å². The number of carbonyl (C=O) groups excluding carboxylic acids is 2. The number of rotatable bonds is 3. The highest BCUT2D eigenvalue weighted by atomic mass is 35.5. The molecule has 0 aliphatic heterocycles. The van der Waals surface area contributed by atoms with E-state index in [9.17, 15) is 9.59 Å². The van der Waals surface area contributed by atoms with Gasteiger partial charge < -0.3 is 16.0 Å². The molecule has 0 saturated heterocycles. The van der Waals surface area contributed by atoms with Gasteiger partial charge in [-0.25, -0.2) is 0 Å². The molecule has 3 N–H and O–H groups in total. The van der Waals surface area contributed by atoms with Crippen LogP contribution < -0.4 is 11.1 Å². The topological polar surface area (TPSA) is 75.4 Å². The van der Waals surface area contributed by atoms with Crippen LogP contribution in [0.2, 0.25) is 0 Å². The summed E-state index contributed by atoms with van der Waals surface area (Å²) in [5, 5.41) is 2.68. The van der Waals surface area contributed by atoms with Crippen LogP contribution >= 0.6 is 12.4 Å². The molecule has 5 nitrogen and oxygen atoms in total. The Labute approximate surface area is 115 Å². The van der Waals surface area contributed by atoms with Crippen LogP contribution in [0.3, 0.4) is 0 Å². The molecule has 1 rings (SSSR count). The van der Waals surface area contributed by atoms with Crippen LogP contribution in [-0.4, -0.2) is 42.9 Å². The standard InChI is InChI=1S/C12H23N3O2.ClH/c1-12(13)7-5-4-6-9(12)11(17)14-8-10(16)15(2)3;/h9H,4-8,13H2,1-3H3,(H,14,17);1H. The van der Waals surface area contributed by atoms with Gasteiger partial charge in [0.15, 0.2) is 0 Å². The van der Waals surface area contributed by atoms with Gasteiger partial charge in [-0.05, 0) is 19.8 Å². The lowest BCUT2D eigenvalue weighted by Crippen LogP contribution is -2.53. The maximum atomic E-state index is 12.0. The molecule has 0 spiro atoms. The molecule has 1 saturated carbocycles. The molecule has 106 valence electrons. The monoisotopic (exact) mass is 277 g/mol. The van der Waals surface area contributed by atoms with Gasteiger partial charge in [-0.15, -0.1) is 12.4 Å². The summed E-state index contributed by atoms with van der Waals surface area (Å²) in [4.78, 5) is 24.8. The molecule has 0 aromatic heterocycles. The predicted octanol–water partition coefficient (Wildman–Crippen LogP) is 0.520. The van der Waals surface area contributed by atoms with Crippen molar-refractivity contribution in [2.24, 2.45) is 11.7 Å². The minimum atomic E-state index is -0.441. The fourth-order valence-electron chi connectivity index (χ4n) is 2.23. The van der Waals surface area contributed by atoms with E-state index in [1.54, 1.807) is 14.1 Å². The zero-order valence-electron chi connectivity index (χ0n) is 11.4. The third-order valence-corrected chi connectivity index (χ3v) is 3.48. The van der Waals surface area contributed by atoms with Crippen LogP contribution in [0.25, 0.3) is 0 Å². The van der Waals surface area contributed by atoms with Gasteiger partial charge in [0, 0.05) is 19.6 Å². The van der Waals surface area contributed by atoms with Crippen molar-refractivity contribution in [3.05, 3.63) is 0 Å². The zero-order valence-corrected chi connectivity index (χ0v) is 12.2.